The molecule has 0 radical (unpaired) electrons. The summed E-state index contributed by atoms with van der Waals surface area (Å²) in [6.07, 6.45) is 0. The van der Waals surface area contributed by atoms with Crippen LogP contribution in [-0.4, -0.2) is 62.8 Å². The summed E-state index contributed by atoms with van der Waals surface area (Å²) in [6.45, 7) is 16.9. The van der Waals surface area contributed by atoms with Gasteiger partial charge in [0.1, 0.15) is 0 Å². The van der Waals surface area contributed by atoms with Crippen LogP contribution in [0.15, 0.2) is 4.90 Å². The molecule has 0 spiro atoms. The lowest BCUT2D eigenvalue weighted by Gasteiger charge is -2.34. The van der Waals surface area contributed by atoms with E-state index in [2.05, 4.69) is 19.2 Å². The van der Waals surface area contributed by atoms with Crippen molar-refractivity contribution < 1.29 is 13.2 Å². The highest BCUT2D eigenvalue weighted by Gasteiger charge is 2.32. The molecule has 28 heavy (non-hydrogen) atoms. The monoisotopic (exact) mass is 409 g/mol. The number of nitrogens with zero attached hydrogens (tertiary/aromatic N) is 2. The van der Waals surface area contributed by atoms with Gasteiger partial charge < -0.3 is 5.32 Å². The zero-order chi connectivity index (χ0) is 21.2. The molecule has 1 fully saturated rings. The fourth-order valence-corrected chi connectivity index (χ4v) is 5.67. The Morgan fingerprint density at radius 3 is 1.82 bits per heavy atom. The number of hydrogen-bond donors (Lipinski definition) is 1. The highest BCUT2D eigenvalue weighted by Crippen LogP contribution is 2.31. The van der Waals surface area contributed by atoms with Crippen LogP contribution in [0, 0.1) is 40.5 Å². The van der Waals surface area contributed by atoms with Crippen molar-refractivity contribution in [2.45, 2.75) is 53.4 Å². The molecular weight excluding hydrogens is 374 g/mol. The Morgan fingerprint density at radius 2 is 1.36 bits per heavy atom. The summed E-state index contributed by atoms with van der Waals surface area (Å²) < 4.78 is 28.3. The average molecular weight is 410 g/mol. The number of sulfonamides is 1. The third-order valence-corrected chi connectivity index (χ3v) is 8.11. The molecule has 6 nitrogen and oxygen atoms in total. The van der Waals surface area contributed by atoms with Crippen LogP contribution in [0.3, 0.4) is 0 Å². The average Bonchev–Trinajstić information content (AvgIpc) is 2.63. The summed E-state index contributed by atoms with van der Waals surface area (Å²) in [7, 11) is -3.55. The number of nitrogens with one attached hydrogen (secondary N) is 1. The molecule has 1 aliphatic rings. The SMILES string of the molecule is Cc1c(C)c(C)c(S(=O)(=O)N2CCN(CC(=O)NCC(C)C)CC2)c(C)c1C. The topological polar surface area (TPSA) is 69.7 Å². The van der Waals surface area contributed by atoms with Gasteiger partial charge in [0, 0.05) is 32.7 Å². The van der Waals surface area contributed by atoms with E-state index in [1.54, 1.807) is 4.31 Å². The number of amides is 1. The molecule has 0 saturated carbocycles. The summed E-state index contributed by atoms with van der Waals surface area (Å²) in [6, 6.07) is 0. The molecular formula is C21H35N3O3S. The lowest BCUT2D eigenvalue weighted by atomic mass is 9.95. The normalized spacial score (nSPS) is 16.6. The van der Waals surface area contributed by atoms with Crippen LogP contribution in [0.5, 0.6) is 0 Å². The number of carbonyl (C=O) groups is 1. The molecule has 1 aromatic rings. The number of hydrogen-bond acceptors (Lipinski definition) is 4. The van der Waals surface area contributed by atoms with Crippen molar-refractivity contribution in [3.63, 3.8) is 0 Å². The number of benzene rings is 1. The van der Waals surface area contributed by atoms with Crippen LogP contribution >= 0.6 is 0 Å². The number of carbonyl (C=O) groups excluding carboxylic acids is 1. The lowest BCUT2D eigenvalue weighted by Crippen LogP contribution is -2.51. The Labute approximate surface area is 170 Å². The van der Waals surface area contributed by atoms with E-state index in [0.717, 1.165) is 27.8 Å². The van der Waals surface area contributed by atoms with E-state index in [1.807, 2.05) is 39.5 Å². The summed E-state index contributed by atoms with van der Waals surface area (Å²) in [4.78, 5) is 14.5. The molecule has 158 valence electrons. The molecule has 1 amide bonds. The quantitative estimate of drug-likeness (QED) is 0.783. The second-order valence-electron chi connectivity index (χ2n) is 8.33. The standard InChI is InChI=1S/C21H35N3O3S/c1-14(2)12-22-20(25)13-23-8-10-24(11-9-23)28(26,27)21-18(6)16(4)15(3)17(5)19(21)7/h14H,8-13H2,1-7H3,(H,22,25). The highest BCUT2D eigenvalue weighted by molar-refractivity contribution is 7.89. The van der Waals surface area contributed by atoms with Gasteiger partial charge in [-0.2, -0.15) is 4.31 Å². The van der Waals surface area contributed by atoms with Gasteiger partial charge in [-0.1, -0.05) is 13.8 Å². The van der Waals surface area contributed by atoms with Gasteiger partial charge in [-0.3, -0.25) is 9.69 Å². The van der Waals surface area contributed by atoms with Crippen molar-refractivity contribution in [1.82, 2.24) is 14.5 Å². The lowest BCUT2D eigenvalue weighted by molar-refractivity contribution is -0.122. The van der Waals surface area contributed by atoms with Gasteiger partial charge in [-0.15, -0.1) is 0 Å². The summed E-state index contributed by atoms with van der Waals surface area (Å²) >= 11 is 0. The zero-order valence-electron chi connectivity index (χ0n) is 18.3. The molecule has 1 aromatic carbocycles. The van der Waals surface area contributed by atoms with Crippen molar-refractivity contribution in [3.05, 3.63) is 27.8 Å². The Bertz CT molecular complexity index is 810. The zero-order valence-corrected chi connectivity index (χ0v) is 19.2. The number of piperazine rings is 1. The molecule has 0 aromatic heterocycles. The van der Waals surface area contributed by atoms with Crippen LogP contribution in [0.25, 0.3) is 0 Å². The molecule has 0 aliphatic carbocycles. The van der Waals surface area contributed by atoms with E-state index in [0.29, 0.717) is 50.1 Å². The summed E-state index contributed by atoms with van der Waals surface area (Å²) in [5, 5.41) is 2.92. The molecule has 0 bridgehead atoms. The van der Waals surface area contributed by atoms with Gasteiger partial charge >= 0.3 is 0 Å². The molecule has 7 heteroatoms. The first-order valence-electron chi connectivity index (χ1n) is 10.0. The Balaban J connectivity index is 2.11. The summed E-state index contributed by atoms with van der Waals surface area (Å²) in [5.74, 6) is 0.417. The van der Waals surface area contributed by atoms with Crippen LogP contribution < -0.4 is 5.32 Å². The highest BCUT2D eigenvalue weighted by atomic mass is 32.2. The van der Waals surface area contributed by atoms with E-state index < -0.39 is 10.0 Å². The molecule has 0 atom stereocenters. The van der Waals surface area contributed by atoms with Crippen LogP contribution in [0.1, 0.15) is 41.7 Å². The summed E-state index contributed by atoms with van der Waals surface area (Å²) in [5.41, 5.74) is 4.93. The second-order valence-corrected chi connectivity index (χ2v) is 10.2. The largest absolute Gasteiger partial charge is 0.355 e. The minimum absolute atomic E-state index is 0.00137. The van der Waals surface area contributed by atoms with E-state index >= 15 is 0 Å². The molecule has 1 aliphatic heterocycles. The maximum atomic E-state index is 13.4. The van der Waals surface area contributed by atoms with Crippen molar-refractivity contribution in [2.24, 2.45) is 5.92 Å². The smallest absolute Gasteiger partial charge is 0.243 e. The van der Waals surface area contributed by atoms with E-state index in [-0.39, 0.29) is 5.91 Å². The van der Waals surface area contributed by atoms with Gasteiger partial charge in [0.25, 0.3) is 0 Å². The number of rotatable bonds is 6. The van der Waals surface area contributed by atoms with Gasteiger partial charge in [0.2, 0.25) is 15.9 Å². The maximum absolute atomic E-state index is 13.4. The molecule has 1 heterocycles. The minimum atomic E-state index is -3.55. The van der Waals surface area contributed by atoms with Crippen molar-refractivity contribution >= 4 is 15.9 Å². The molecule has 2 rings (SSSR count). The van der Waals surface area contributed by atoms with Crippen LogP contribution in [-0.2, 0) is 14.8 Å². The maximum Gasteiger partial charge on any atom is 0.243 e. The fourth-order valence-electron chi connectivity index (χ4n) is 3.69. The first-order chi connectivity index (χ1) is 13.0. The van der Waals surface area contributed by atoms with Crippen molar-refractivity contribution in [2.75, 3.05) is 39.3 Å². The fraction of sp³-hybridized carbons (Fsp3) is 0.667. The van der Waals surface area contributed by atoms with E-state index in [1.165, 1.54) is 0 Å². The van der Waals surface area contributed by atoms with Crippen LogP contribution in [0.2, 0.25) is 0 Å². The Morgan fingerprint density at radius 1 is 0.893 bits per heavy atom. The first kappa shape index (κ1) is 22.8. The van der Waals surface area contributed by atoms with Crippen molar-refractivity contribution in [3.8, 4) is 0 Å². The Kier molecular flexibility index (Phi) is 7.28. The minimum Gasteiger partial charge on any atom is -0.355 e. The first-order valence-corrected chi connectivity index (χ1v) is 11.5. The van der Waals surface area contributed by atoms with E-state index in [4.69, 9.17) is 0 Å². The van der Waals surface area contributed by atoms with E-state index in [9.17, 15) is 13.2 Å². The molecule has 0 unspecified atom stereocenters. The molecule has 1 saturated heterocycles. The van der Waals surface area contributed by atoms with Gasteiger partial charge in [-0.25, -0.2) is 8.42 Å². The Hall–Kier alpha value is -1.44. The predicted molar refractivity (Wildman–Crippen MR) is 113 cm³/mol. The third-order valence-electron chi connectivity index (χ3n) is 5.94. The second kappa shape index (κ2) is 8.93. The third kappa shape index (κ3) is 4.75. The predicted octanol–water partition coefficient (Wildman–Crippen LogP) is 2.31. The molecule has 1 N–H and O–H groups in total. The van der Waals surface area contributed by atoms with Crippen molar-refractivity contribution in [1.29, 1.82) is 0 Å². The van der Waals surface area contributed by atoms with Gasteiger partial charge in [0.15, 0.2) is 0 Å². The van der Waals surface area contributed by atoms with Crippen LogP contribution in [0.4, 0.5) is 0 Å². The van der Waals surface area contributed by atoms with Gasteiger partial charge in [0.05, 0.1) is 11.4 Å². The van der Waals surface area contributed by atoms with Gasteiger partial charge in [-0.05, 0) is 68.4 Å².